The summed E-state index contributed by atoms with van der Waals surface area (Å²) in [5.41, 5.74) is 0.649. The van der Waals surface area contributed by atoms with Gasteiger partial charge in [0.05, 0.1) is 12.2 Å². The molecule has 0 aromatic carbocycles. The van der Waals surface area contributed by atoms with Gasteiger partial charge in [-0.15, -0.1) is 6.58 Å². The second-order valence-corrected chi connectivity index (χ2v) is 4.36. The van der Waals surface area contributed by atoms with Crippen molar-refractivity contribution in [1.29, 1.82) is 0 Å². The van der Waals surface area contributed by atoms with Gasteiger partial charge in [0, 0.05) is 0 Å². The molecule has 2 fully saturated rings. The SMILES string of the molecule is C=CC1(C)CCCC2(CO2)C1. The molecule has 0 aromatic rings. The molecule has 0 N–H and O–H groups in total. The first kappa shape index (κ1) is 7.35. The molecule has 2 aliphatic rings. The minimum absolute atomic E-state index is 0.293. The Balaban J connectivity index is 2.08. The Bertz CT molecular complexity index is 181. The normalized spacial score (nSPS) is 49.2. The zero-order valence-corrected chi connectivity index (χ0v) is 7.23. The Morgan fingerprint density at radius 2 is 2.18 bits per heavy atom. The summed E-state index contributed by atoms with van der Waals surface area (Å²) in [7, 11) is 0. The van der Waals surface area contributed by atoms with Crippen molar-refractivity contribution >= 4 is 0 Å². The lowest BCUT2D eigenvalue weighted by atomic mass is 9.71. The molecule has 1 saturated heterocycles. The molecule has 0 bridgehead atoms. The number of hydrogen-bond acceptors (Lipinski definition) is 1. The first-order valence-electron chi connectivity index (χ1n) is 4.46. The number of hydrogen-bond donors (Lipinski definition) is 0. The molecule has 1 aliphatic carbocycles. The first-order valence-corrected chi connectivity index (χ1v) is 4.46. The molecule has 1 saturated carbocycles. The third kappa shape index (κ3) is 1.22. The van der Waals surface area contributed by atoms with E-state index >= 15 is 0 Å². The number of epoxide rings is 1. The molecule has 0 amide bonds. The summed E-state index contributed by atoms with van der Waals surface area (Å²) in [6, 6.07) is 0. The molecule has 1 nitrogen and oxygen atoms in total. The molecular weight excluding hydrogens is 136 g/mol. The van der Waals surface area contributed by atoms with E-state index < -0.39 is 0 Å². The lowest BCUT2D eigenvalue weighted by Gasteiger charge is -2.34. The molecule has 1 heteroatoms. The quantitative estimate of drug-likeness (QED) is 0.415. The highest BCUT2D eigenvalue weighted by Gasteiger charge is 2.50. The minimum atomic E-state index is 0.293. The Morgan fingerprint density at radius 3 is 2.73 bits per heavy atom. The van der Waals surface area contributed by atoms with Crippen molar-refractivity contribution in [2.24, 2.45) is 5.41 Å². The van der Waals surface area contributed by atoms with E-state index in [2.05, 4.69) is 19.6 Å². The maximum absolute atomic E-state index is 5.49. The van der Waals surface area contributed by atoms with Crippen LogP contribution < -0.4 is 0 Å². The maximum Gasteiger partial charge on any atom is 0.0924 e. The van der Waals surface area contributed by atoms with Crippen molar-refractivity contribution in [2.45, 2.75) is 38.2 Å². The summed E-state index contributed by atoms with van der Waals surface area (Å²) in [5.74, 6) is 0. The van der Waals surface area contributed by atoms with Crippen LogP contribution in [0, 0.1) is 5.41 Å². The first-order chi connectivity index (χ1) is 5.18. The van der Waals surface area contributed by atoms with Crippen molar-refractivity contribution in [3.63, 3.8) is 0 Å². The molecule has 0 radical (unpaired) electrons. The standard InChI is InChI=1S/C10H16O/c1-3-9(2)5-4-6-10(7-9)8-11-10/h3H,1,4-8H2,2H3. The fourth-order valence-electron chi connectivity index (χ4n) is 2.25. The third-order valence-corrected chi connectivity index (χ3v) is 3.15. The second kappa shape index (κ2) is 2.10. The van der Waals surface area contributed by atoms with E-state index in [0.29, 0.717) is 11.0 Å². The average Bonchev–Trinajstić information content (AvgIpc) is 2.69. The molecule has 2 unspecified atom stereocenters. The van der Waals surface area contributed by atoms with Gasteiger partial charge in [0.25, 0.3) is 0 Å². The Labute approximate surface area is 68.4 Å². The van der Waals surface area contributed by atoms with Crippen molar-refractivity contribution in [3.05, 3.63) is 12.7 Å². The Morgan fingerprint density at radius 1 is 1.45 bits per heavy atom. The fourth-order valence-corrected chi connectivity index (χ4v) is 2.25. The van der Waals surface area contributed by atoms with Gasteiger partial charge in [0.1, 0.15) is 0 Å². The van der Waals surface area contributed by atoms with E-state index in [1.54, 1.807) is 0 Å². The fraction of sp³-hybridized carbons (Fsp3) is 0.800. The molecule has 1 heterocycles. The van der Waals surface area contributed by atoms with Gasteiger partial charge in [-0.3, -0.25) is 0 Å². The molecule has 11 heavy (non-hydrogen) atoms. The van der Waals surface area contributed by atoms with Gasteiger partial charge in [0.2, 0.25) is 0 Å². The van der Waals surface area contributed by atoms with Gasteiger partial charge in [-0.05, 0) is 31.1 Å². The van der Waals surface area contributed by atoms with Gasteiger partial charge < -0.3 is 4.74 Å². The molecule has 1 aliphatic heterocycles. The summed E-state index contributed by atoms with van der Waals surface area (Å²) >= 11 is 0. The summed E-state index contributed by atoms with van der Waals surface area (Å²) in [4.78, 5) is 0. The van der Waals surface area contributed by atoms with E-state index in [4.69, 9.17) is 4.74 Å². The second-order valence-electron chi connectivity index (χ2n) is 4.36. The van der Waals surface area contributed by atoms with Crippen molar-refractivity contribution in [3.8, 4) is 0 Å². The predicted octanol–water partition coefficient (Wildman–Crippen LogP) is 2.52. The number of allylic oxidation sites excluding steroid dienone is 1. The van der Waals surface area contributed by atoms with E-state index in [9.17, 15) is 0 Å². The van der Waals surface area contributed by atoms with Crippen LogP contribution in [0.3, 0.4) is 0 Å². The van der Waals surface area contributed by atoms with Gasteiger partial charge in [-0.2, -0.15) is 0 Å². The largest absolute Gasteiger partial charge is 0.370 e. The van der Waals surface area contributed by atoms with E-state index in [-0.39, 0.29) is 0 Å². The van der Waals surface area contributed by atoms with Crippen LogP contribution in [-0.4, -0.2) is 12.2 Å². The summed E-state index contributed by atoms with van der Waals surface area (Å²) in [6.07, 6.45) is 7.18. The van der Waals surface area contributed by atoms with Crippen LogP contribution in [0.25, 0.3) is 0 Å². The monoisotopic (exact) mass is 152 g/mol. The van der Waals surface area contributed by atoms with Gasteiger partial charge in [-0.25, -0.2) is 0 Å². The van der Waals surface area contributed by atoms with Crippen molar-refractivity contribution in [1.82, 2.24) is 0 Å². The van der Waals surface area contributed by atoms with Gasteiger partial charge in [0.15, 0.2) is 0 Å². The molecular formula is C10H16O. The number of ether oxygens (including phenoxy) is 1. The Hall–Kier alpha value is -0.300. The van der Waals surface area contributed by atoms with Crippen LogP contribution >= 0.6 is 0 Å². The smallest absolute Gasteiger partial charge is 0.0924 e. The van der Waals surface area contributed by atoms with E-state index in [1.807, 2.05) is 0 Å². The average molecular weight is 152 g/mol. The molecule has 62 valence electrons. The highest BCUT2D eigenvalue weighted by Crippen LogP contribution is 2.50. The van der Waals surface area contributed by atoms with Crippen molar-refractivity contribution in [2.75, 3.05) is 6.61 Å². The van der Waals surface area contributed by atoms with Crippen LogP contribution in [0.15, 0.2) is 12.7 Å². The zero-order valence-electron chi connectivity index (χ0n) is 7.23. The van der Waals surface area contributed by atoms with Crippen molar-refractivity contribution < 1.29 is 4.74 Å². The third-order valence-electron chi connectivity index (χ3n) is 3.15. The topological polar surface area (TPSA) is 12.5 Å². The lowest BCUT2D eigenvalue weighted by molar-refractivity contribution is 0.156. The van der Waals surface area contributed by atoms with Crippen LogP contribution in [-0.2, 0) is 4.74 Å². The van der Waals surface area contributed by atoms with Gasteiger partial charge >= 0.3 is 0 Å². The van der Waals surface area contributed by atoms with E-state index in [0.717, 1.165) is 6.61 Å². The molecule has 2 rings (SSSR count). The number of rotatable bonds is 1. The lowest BCUT2D eigenvalue weighted by Crippen LogP contribution is -2.29. The maximum atomic E-state index is 5.49. The van der Waals surface area contributed by atoms with E-state index in [1.165, 1.54) is 25.7 Å². The van der Waals surface area contributed by atoms with Crippen LogP contribution in [0.1, 0.15) is 32.6 Å². The predicted molar refractivity (Wildman–Crippen MR) is 45.5 cm³/mol. The zero-order chi connectivity index (χ0) is 7.95. The summed E-state index contributed by atoms with van der Waals surface area (Å²) in [6.45, 7) is 7.18. The summed E-state index contributed by atoms with van der Waals surface area (Å²) in [5, 5.41) is 0. The summed E-state index contributed by atoms with van der Waals surface area (Å²) < 4.78 is 5.49. The van der Waals surface area contributed by atoms with Crippen LogP contribution in [0.4, 0.5) is 0 Å². The highest BCUT2D eigenvalue weighted by molar-refractivity contribution is 5.06. The van der Waals surface area contributed by atoms with Crippen LogP contribution in [0.5, 0.6) is 0 Å². The minimum Gasteiger partial charge on any atom is -0.370 e. The van der Waals surface area contributed by atoms with Crippen LogP contribution in [0.2, 0.25) is 0 Å². The molecule has 0 aromatic heterocycles. The Kier molecular flexibility index (Phi) is 1.40. The van der Waals surface area contributed by atoms with Gasteiger partial charge in [-0.1, -0.05) is 13.0 Å². The molecule has 1 spiro atoms. The highest BCUT2D eigenvalue weighted by atomic mass is 16.6. The molecule has 2 atom stereocenters.